The number of halogens is 3. The zero-order valence-corrected chi connectivity index (χ0v) is 14.3. The van der Waals surface area contributed by atoms with Gasteiger partial charge in [0.2, 0.25) is 5.82 Å². The lowest BCUT2D eigenvalue weighted by atomic mass is 10.1. The van der Waals surface area contributed by atoms with E-state index in [1.165, 1.54) is 0 Å². The Balaban J connectivity index is 1.80. The summed E-state index contributed by atoms with van der Waals surface area (Å²) in [5.41, 5.74) is 0.705. The number of H-pyrrole nitrogens is 1. The fraction of sp³-hybridized carbons (Fsp3) is 0.412. The van der Waals surface area contributed by atoms with Crippen LogP contribution in [0, 0.1) is 0 Å². The van der Waals surface area contributed by atoms with Crippen LogP contribution in [-0.4, -0.2) is 35.6 Å². The molecule has 0 atom stereocenters. The first-order valence-electron chi connectivity index (χ1n) is 7.94. The first-order chi connectivity index (χ1) is 12.3. The summed E-state index contributed by atoms with van der Waals surface area (Å²) >= 11 is 0. The average Bonchev–Trinajstić information content (AvgIpc) is 2.61. The van der Waals surface area contributed by atoms with Crippen LogP contribution in [0.5, 0.6) is 11.5 Å². The van der Waals surface area contributed by atoms with E-state index in [9.17, 15) is 18.0 Å². The summed E-state index contributed by atoms with van der Waals surface area (Å²) in [7, 11) is 3.09. The Bertz CT molecular complexity index is 865. The van der Waals surface area contributed by atoms with Crippen molar-refractivity contribution < 1.29 is 22.6 Å². The SMILES string of the molecule is COc1ccc(CN2CCc3nc(C(F)(F)F)[nH]c(=O)c3C2)cc1OC. The largest absolute Gasteiger partial charge is 0.493 e. The van der Waals surface area contributed by atoms with Gasteiger partial charge in [-0.15, -0.1) is 0 Å². The van der Waals surface area contributed by atoms with Crippen molar-refractivity contribution in [2.24, 2.45) is 0 Å². The number of alkyl halides is 3. The number of aromatic amines is 1. The van der Waals surface area contributed by atoms with Crippen molar-refractivity contribution in [2.45, 2.75) is 25.7 Å². The van der Waals surface area contributed by atoms with Crippen molar-refractivity contribution in [3.63, 3.8) is 0 Å². The molecule has 1 N–H and O–H groups in total. The number of nitrogens with one attached hydrogen (secondary N) is 1. The molecular weight excluding hydrogens is 351 g/mol. The minimum atomic E-state index is -4.66. The van der Waals surface area contributed by atoms with Crippen molar-refractivity contribution in [3.8, 4) is 11.5 Å². The molecule has 0 radical (unpaired) electrons. The van der Waals surface area contributed by atoms with Gasteiger partial charge in [0.05, 0.1) is 25.5 Å². The molecule has 2 heterocycles. The number of ether oxygens (including phenoxy) is 2. The van der Waals surface area contributed by atoms with Crippen LogP contribution in [0.1, 0.15) is 22.6 Å². The van der Waals surface area contributed by atoms with Gasteiger partial charge in [0.15, 0.2) is 11.5 Å². The van der Waals surface area contributed by atoms with Crippen molar-refractivity contribution in [1.82, 2.24) is 14.9 Å². The minimum absolute atomic E-state index is 0.213. The molecule has 0 spiro atoms. The highest BCUT2D eigenvalue weighted by Gasteiger charge is 2.35. The van der Waals surface area contributed by atoms with Crippen LogP contribution in [-0.2, 0) is 25.7 Å². The van der Waals surface area contributed by atoms with Crippen LogP contribution in [0.15, 0.2) is 23.0 Å². The number of hydrogen-bond acceptors (Lipinski definition) is 5. The van der Waals surface area contributed by atoms with Gasteiger partial charge in [-0.1, -0.05) is 6.07 Å². The standard InChI is InChI=1S/C17H18F3N3O3/c1-25-13-4-3-10(7-14(13)26-2)8-23-6-5-12-11(9-23)15(24)22-16(21-12)17(18,19)20/h3-4,7H,5-6,8-9H2,1-2H3,(H,21,22,24). The monoisotopic (exact) mass is 369 g/mol. The van der Waals surface area contributed by atoms with E-state index in [0.29, 0.717) is 24.6 Å². The zero-order valence-electron chi connectivity index (χ0n) is 14.3. The average molecular weight is 369 g/mol. The lowest BCUT2D eigenvalue weighted by Gasteiger charge is -2.28. The van der Waals surface area contributed by atoms with Crippen LogP contribution in [0.2, 0.25) is 0 Å². The van der Waals surface area contributed by atoms with Crippen LogP contribution < -0.4 is 15.0 Å². The van der Waals surface area contributed by atoms with Gasteiger partial charge < -0.3 is 14.5 Å². The van der Waals surface area contributed by atoms with Crippen LogP contribution in [0.3, 0.4) is 0 Å². The quantitative estimate of drug-likeness (QED) is 0.896. The van der Waals surface area contributed by atoms with Gasteiger partial charge in [-0.2, -0.15) is 13.2 Å². The molecule has 1 aromatic heterocycles. The summed E-state index contributed by atoms with van der Waals surface area (Å²) in [6.45, 7) is 1.28. The first kappa shape index (κ1) is 18.2. The zero-order chi connectivity index (χ0) is 18.9. The maximum absolute atomic E-state index is 12.8. The predicted molar refractivity (Wildman–Crippen MR) is 87.2 cm³/mol. The van der Waals surface area contributed by atoms with E-state index in [1.54, 1.807) is 20.3 Å². The Kier molecular flexibility index (Phi) is 4.90. The molecule has 0 saturated carbocycles. The second kappa shape index (κ2) is 6.99. The summed E-state index contributed by atoms with van der Waals surface area (Å²) in [5, 5.41) is 0. The first-order valence-corrected chi connectivity index (χ1v) is 7.94. The van der Waals surface area contributed by atoms with Crippen molar-refractivity contribution >= 4 is 0 Å². The third kappa shape index (κ3) is 3.67. The number of fused-ring (bicyclic) bond motifs is 1. The molecular formula is C17H18F3N3O3. The number of rotatable bonds is 4. The lowest BCUT2D eigenvalue weighted by Crippen LogP contribution is -2.36. The van der Waals surface area contributed by atoms with Crippen LogP contribution in [0.25, 0.3) is 0 Å². The third-order valence-corrected chi connectivity index (χ3v) is 4.27. The summed E-state index contributed by atoms with van der Waals surface area (Å²) < 4.78 is 48.8. The molecule has 0 amide bonds. The fourth-order valence-electron chi connectivity index (χ4n) is 2.99. The molecule has 0 aliphatic carbocycles. The van der Waals surface area contributed by atoms with Gasteiger partial charge in [-0.3, -0.25) is 9.69 Å². The molecule has 2 aromatic rings. The van der Waals surface area contributed by atoms with Gasteiger partial charge in [0.25, 0.3) is 5.56 Å². The van der Waals surface area contributed by atoms with Gasteiger partial charge in [-0.05, 0) is 17.7 Å². The van der Waals surface area contributed by atoms with E-state index in [-0.39, 0.29) is 24.2 Å². The van der Waals surface area contributed by atoms with Crippen molar-refractivity contribution in [3.05, 3.63) is 51.2 Å². The molecule has 140 valence electrons. The van der Waals surface area contributed by atoms with Crippen LogP contribution in [0.4, 0.5) is 13.2 Å². The highest BCUT2D eigenvalue weighted by atomic mass is 19.4. The molecule has 1 aliphatic heterocycles. The number of aromatic nitrogens is 2. The fourth-order valence-corrected chi connectivity index (χ4v) is 2.99. The highest BCUT2D eigenvalue weighted by molar-refractivity contribution is 5.42. The van der Waals surface area contributed by atoms with Crippen molar-refractivity contribution in [1.29, 1.82) is 0 Å². The number of hydrogen-bond donors (Lipinski definition) is 1. The van der Waals surface area contributed by atoms with E-state index < -0.39 is 17.6 Å². The Labute approximate surface area is 147 Å². The maximum Gasteiger partial charge on any atom is 0.449 e. The molecule has 3 rings (SSSR count). The van der Waals surface area contributed by atoms with Gasteiger partial charge in [0, 0.05) is 26.1 Å². The van der Waals surface area contributed by atoms with E-state index >= 15 is 0 Å². The Morgan fingerprint density at radius 2 is 1.96 bits per heavy atom. The smallest absolute Gasteiger partial charge is 0.449 e. The normalized spacial score (nSPS) is 14.8. The Morgan fingerprint density at radius 1 is 1.23 bits per heavy atom. The minimum Gasteiger partial charge on any atom is -0.493 e. The predicted octanol–water partition coefficient (Wildman–Crippen LogP) is 2.36. The molecule has 0 saturated heterocycles. The number of benzene rings is 1. The second-order valence-electron chi connectivity index (χ2n) is 5.99. The molecule has 1 aliphatic rings. The van der Waals surface area contributed by atoms with Gasteiger partial charge in [-0.25, -0.2) is 4.98 Å². The second-order valence-corrected chi connectivity index (χ2v) is 5.99. The molecule has 0 fully saturated rings. The number of nitrogens with zero attached hydrogens (tertiary/aromatic N) is 2. The number of methoxy groups -OCH3 is 2. The van der Waals surface area contributed by atoms with Gasteiger partial charge in [0.1, 0.15) is 0 Å². The molecule has 9 heteroatoms. The maximum atomic E-state index is 12.8. The lowest BCUT2D eigenvalue weighted by molar-refractivity contribution is -0.145. The van der Waals surface area contributed by atoms with Gasteiger partial charge >= 0.3 is 6.18 Å². The van der Waals surface area contributed by atoms with Crippen molar-refractivity contribution in [2.75, 3.05) is 20.8 Å². The highest BCUT2D eigenvalue weighted by Crippen LogP contribution is 2.29. The van der Waals surface area contributed by atoms with Crippen LogP contribution >= 0.6 is 0 Å². The molecule has 0 unspecified atom stereocenters. The topological polar surface area (TPSA) is 67.5 Å². The van der Waals surface area contributed by atoms with E-state index in [4.69, 9.17) is 9.47 Å². The summed E-state index contributed by atoms with van der Waals surface area (Å²) in [6.07, 6.45) is -4.37. The summed E-state index contributed by atoms with van der Waals surface area (Å²) in [5.74, 6) is -0.0353. The third-order valence-electron chi connectivity index (χ3n) is 4.27. The summed E-state index contributed by atoms with van der Waals surface area (Å²) in [6, 6.07) is 5.51. The van der Waals surface area contributed by atoms with E-state index in [0.717, 1.165) is 5.56 Å². The summed E-state index contributed by atoms with van der Waals surface area (Å²) in [4.78, 5) is 19.5. The Hall–Kier alpha value is -2.55. The molecule has 1 aromatic carbocycles. The molecule has 26 heavy (non-hydrogen) atoms. The molecule has 0 bridgehead atoms. The van der Waals surface area contributed by atoms with E-state index in [1.807, 2.05) is 22.0 Å². The Morgan fingerprint density at radius 3 is 2.62 bits per heavy atom. The van der Waals surface area contributed by atoms with E-state index in [2.05, 4.69) is 4.98 Å². The molecule has 6 nitrogen and oxygen atoms in total.